The molecule has 0 saturated carbocycles. The van der Waals surface area contributed by atoms with E-state index in [2.05, 4.69) is 22.4 Å². The van der Waals surface area contributed by atoms with E-state index in [0.29, 0.717) is 11.5 Å². The Morgan fingerprint density at radius 1 is 1.19 bits per heavy atom. The fourth-order valence-electron chi connectivity index (χ4n) is 2.71. The lowest BCUT2D eigenvalue weighted by Crippen LogP contribution is -2.31. The standard InChI is InChI=1S/C16H17N3O.ClH/c17-15-10-4-9-14(18-15)16(20)19-13-8-3-6-11-5-1-2-7-12(11)13;/h1-2,4-5,7,9-10,13H,3,6,8H2,(H2,17,18)(H,19,20);1H. The Labute approximate surface area is 130 Å². The fourth-order valence-corrected chi connectivity index (χ4v) is 2.71. The average molecular weight is 304 g/mol. The van der Waals surface area contributed by atoms with Gasteiger partial charge in [-0.05, 0) is 42.5 Å². The molecule has 0 radical (unpaired) electrons. The van der Waals surface area contributed by atoms with E-state index in [1.54, 1.807) is 18.2 Å². The number of pyridine rings is 1. The van der Waals surface area contributed by atoms with E-state index in [0.717, 1.165) is 19.3 Å². The van der Waals surface area contributed by atoms with Crippen LogP contribution in [-0.4, -0.2) is 10.9 Å². The number of nitrogen functional groups attached to an aromatic ring is 1. The first kappa shape index (κ1) is 15.3. The third-order valence-electron chi connectivity index (χ3n) is 3.68. The van der Waals surface area contributed by atoms with Crippen molar-refractivity contribution in [1.82, 2.24) is 10.3 Å². The summed E-state index contributed by atoms with van der Waals surface area (Å²) in [6.07, 6.45) is 3.14. The van der Waals surface area contributed by atoms with Gasteiger partial charge in [0.15, 0.2) is 0 Å². The molecular weight excluding hydrogens is 286 g/mol. The van der Waals surface area contributed by atoms with Gasteiger partial charge >= 0.3 is 0 Å². The largest absolute Gasteiger partial charge is 0.384 e. The van der Waals surface area contributed by atoms with E-state index >= 15 is 0 Å². The number of nitrogens with one attached hydrogen (secondary N) is 1. The van der Waals surface area contributed by atoms with E-state index in [9.17, 15) is 4.79 Å². The zero-order valence-electron chi connectivity index (χ0n) is 11.6. The molecule has 0 saturated heterocycles. The summed E-state index contributed by atoms with van der Waals surface area (Å²) in [7, 11) is 0. The van der Waals surface area contributed by atoms with E-state index in [1.165, 1.54) is 11.1 Å². The van der Waals surface area contributed by atoms with Crippen LogP contribution in [0.15, 0.2) is 42.5 Å². The van der Waals surface area contributed by atoms with Gasteiger partial charge in [0.2, 0.25) is 0 Å². The van der Waals surface area contributed by atoms with Gasteiger partial charge in [0.25, 0.3) is 5.91 Å². The Bertz CT molecular complexity index is 645. The minimum absolute atomic E-state index is 0. The minimum atomic E-state index is -0.168. The van der Waals surface area contributed by atoms with Crippen LogP contribution in [-0.2, 0) is 6.42 Å². The van der Waals surface area contributed by atoms with E-state index in [4.69, 9.17) is 5.73 Å². The highest BCUT2D eigenvalue weighted by molar-refractivity contribution is 5.92. The second-order valence-corrected chi connectivity index (χ2v) is 5.06. The highest BCUT2D eigenvalue weighted by Gasteiger charge is 2.22. The third-order valence-corrected chi connectivity index (χ3v) is 3.68. The number of carbonyl (C=O) groups excluding carboxylic acids is 1. The smallest absolute Gasteiger partial charge is 0.270 e. The molecule has 1 aromatic carbocycles. The number of hydrogen-bond acceptors (Lipinski definition) is 3. The first-order valence-electron chi connectivity index (χ1n) is 6.85. The lowest BCUT2D eigenvalue weighted by atomic mass is 9.87. The summed E-state index contributed by atoms with van der Waals surface area (Å²) < 4.78 is 0. The molecule has 110 valence electrons. The van der Waals surface area contributed by atoms with Crippen LogP contribution in [0.25, 0.3) is 0 Å². The summed E-state index contributed by atoms with van der Waals surface area (Å²) in [5, 5.41) is 3.06. The highest BCUT2D eigenvalue weighted by Crippen LogP contribution is 2.29. The van der Waals surface area contributed by atoms with Crippen LogP contribution in [0.2, 0.25) is 0 Å². The molecule has 0 bridgehead atoms. The van der Waals surface area contributed by atoms with Crippen molar-refractivity contribution >= 4 is 24.1 Å². The van der Waals surface area contributed by atoms with Gasteiger partial charge in [-0.2, -0.15) is 0 Å². The first-order valence-corrected chi connectivity index (χ1v) is 6.85. The zero-order chi connectivity index (χ0) is 13.9. The number of aryl methyl sites for hydroxylation is 1. The Balaban J connectivity index is 0.00000161. The molecule has 4 nitrogen and oxygen atoms in total. The van der Waals surface area contributed by atoms with Gasteiger partial charge < -0.3 is 11.1 Å². The van der Waals surface area contributed by atoms with E-state index in [1.807, 2.05) is 12.1 Å². The number of rotatable bonds is 2. The Hall–Kier alpha value is -2.07. The molecule has 0 aliphatic heterocycles. The van der Waals surface area contributed by atoms with Gasteiger partial charge in [-0.3, -0.25) is 4.79 Å². The normalized spacial score (nSPS) is 16.5. The summed E-state index contributed by atoms with van der Waals surface area (Å²) in [5.74, 6) is 0.195. The van der Waals surface area contributed by atoms with E-state index < -0.39 is 0 Å². The van der Waals surface area contributed by atoms with Crippen molar-refractivity contribution in [2.24, 2.45) is 0 Å². The van der Waals surface area contributed by atoms with Crippen molar-refractivity contribution in [2.45, 2.75) is 25.3 Å². The first-order chi connectivity index (χ1) is 9.74. The maximum atomic E-state index is 12.2. The number of hydrogen-bond donors (Lipinski definition) is 2. The molecule has 1 aliphatic rings. The molecule has 3 N–H and O–H groups in total. The second-order valence-electron chi connectivity index (χ2n) is 5.06. The lowest BCUT2D eigenvalue weighted by Gasteiger charge is -2.26. The number of nitrogens with two attached hydrogens (primary N) is 1. The minimum Gasteiger partial charge on any atom is -0.384 e. The van der Waals surface area contributed by atoms with Crippen LogP contribution in [0.5, 0.6) is 0 Å². The van der Waals surface area contributed by atoms with Crippen molar-refractivity contribution in [3.8, 4) is 0 Å². The van der Waals surface area contributed by atoms with Crippen molar-refractivity contribution in [1.29, 1.82) is 0 Å². The fraction of sp³-hybridized carbons (Fsp3) is 0.250. The van der Waals surface area contributed by atoms with Gasteiger partial charge in [-0.1, -0.05) is 30.3 Å². The predicted molar refractivity (Wildman–Crippen MR) is 85.5 cm³/mol. The maximum absolute atomic E-state index is 12.2. The monoisotopic (exact) mass is 303 g/mol. The van der Waals surface area contributed by atoms with Crippen LogP contribution in [0.3, 0.4) is 0 Å². The number of halogens is 1. The summed E-state index contributed by atoms with van der Waals surface area (Å²) in [6.45, 7) is 0. The molecule has 1 aliphatic carbocycles. The number of nitrogens with zero attached hydrogens (tertiary/aromatic N) is 1. The topological polar surface area (TPSA) is 68.0 Å². The molecule has 1 amide bonds. The SMILES string of the molecule is Cl.Nc1cccc(C(=O)NC2CCCc3ccccc32)n1. The van der Waals surface area contributed by atoms with Crippen molar-refractivity contribution in [3.63, 3.8) is 0 Å². The molecule has 0 fully saturated rings. The van der Waals surface area contributed by atoms with Crippen LogP contribution >= 0.6 is 12.4 Å². The number of amides is 1. The number of fused-ring (bicyclic) bond motifs is 1. The van der Waals surface area contributed by atoms with Gasteiger partial charge in [-0.15, -0.1) is 12.4 Å². The van der Waals surface area contributed by atoms with Crippen LogP contribution in [0.4, 0.5) is 5.82 Å². The molecular formula is C16H18ClN3O. The molecule has 1 heterocycles. The van der Waals surface area contributed by atoms with E-state index in [-0.39, 0.29) is 24.4 Å². The second kappa shape index (κ2) is 6.59. The molecule has 5 heteroatoms. The van der Waals surface area contributed by atoms with Crippen LogP contribution < -0.4 is 11.1 Å². The third kappa shape index (κ3) is 3.34. The zero-order valence-corrected chi connectivity index (χ0v) is 12.4. The summed E-state index contributed by atoms with van der Waals surface area (Å²) in [6, 6.07) is 13.4. The Morgan fingerprint density at radius 2 is 2.00 bits per heavy atom. The molecule has 1 atom stereocenters. The molecule has 0 spiro atoms. The maximum Gasteiger partial charge on any atom is 0.270 e. The summed E-state index contributed by atoms with van der Waals surface area (Å²) in [4.78, 5) is 16.3. The highest BCUT2D eigenvalue weighted by atomic mass is 35.5. The summed E-state index contributed by atoms with van der Waals surface area (Å²) in [5.41, 5.74) is 8.53. The number of benzene rings is 1. The number of aromatic nitrogens is 1. The number of anilines is 1. The Morgan fingerprint density at radius 3 is 2.81 bits per heavy atom. The molecule has 3 rings (SSSR count). The van der Waals surface area contributed by atoms with Gasteiger partial charge in [-0.25, -0.2) is 4.98 Å². The molecule has 1 aromatic heterocycles. The van der Waals surface area contributed by atoms with Crippen LogP contribution in [0.1, 0.15) is 40.5 Å². The molecule has 21 heavy (non-hydrogen) atoms. The van der Waals surface area contributed by atoms with Crippen LogP contribution in [0, 0.1) is 0 Å². The van der Waals surface area contributed by atoms with Crippen molar-refractivity contribution in [2.75, 3.05) is 5.73 Å². The lowest BCUT2D eigenvalue weighted by molar-refractivity contribution is 0.0928. The van der Waals surface area contributed by atoms with Gasteiger partial charge in [0.1, 0.15) is 11.5 Å². The quantitative estimate of drug-likeness (QED) is 0.896. The van der Waals surface area contributed by atoms with Crippen molar-refractivity contribution < 1.29 is 4.79 Å². The molecule has 2 aromatic rings. The predicted octanol–water partition coefficient (Wildman–Crippen LogP) is 2.89. The van der Waals surface area contributed by atoms with Gasteiger partial charge in [0, 0.05) is 0 Å². The average Bonchev–Trinajstić information content (AvgIpc) is 2.47. The van der Waals surface area contributed by atoms with Gasteiger partial charge in [0.05, 0.1) is 6.04 Å². The Kier molecular flexibility index (Phi) is 4.81. The molecule has 1 unspecified atom stereocenters. The summed E-state index contributed by atoms with van der Waals surface area (Å²) >= 11 is 0. The van der Waals surface area contributed by atoms with Crippen molar-refractivity contribution in [3.05, 3.63) is 59.3 Å². The number of carbonyl (C=O) groups is 1.